The summed E-state index contributed by atoms with van der Waals surface area (Å²) in [4.78, 5) is 18.0. The zero-order valence-corrected chi connectivity index (χ0v) is 17.4. The summed E-state index contributed by atoms with van der Waals surface area (Å²) in [6, 6.07) is 10.8. The van der Waals surface area contributed by atoms with Crippen LogP contribution in [-0.4, -0.2) is 24.5 Å². The number of carbonyl (C=O) groups excluding carboxylic acids is 1. The van der Waals surface area contributed by atoms with Crippen LogP contribution in [0.25, 0.3) is 11.3 Å². The molecule has 0 saturated heterocycles. The number of halogens is 1. The zero-order valence-electron chi connectivity index (χ0n) is 16.6. The summed E-state index contributed by atoms with van der Waals surface area (Å²) in [5.74, 6) is -0.304. The second kappa shape index (κ2) is 8.63. The van der Waals surface area contributed by atoms with Crippen molar-refractivity contribution in [3.05, 3.63) is 69.3 Å². The van der Waals surface area contributed by atoms with Crippen molar-refractivity contribution in [1.29, 1.82) is 0 Å². The molecule has 1 amide bonds. The van der Waals surface area contributed by atoms with Crippen LogP contribution in [0.5, 0.6) is 0 Å². The van der Waals surface area contributed by atoms with E-state index >= 15 is 0 Å². The highest BCUT2D eigenvalue weighted by atomic mass is 32.1. The minimum absolute atomic E-state index is 0.0292. The molecule has 2 N–H and O–H groups in total. The number of carbonyl (C=O) groups is 1. The summed E-state index contributed by atoms with van der Waals surface area (Å²) >= 11 is 1.49. The molecule has 0 aliphatic heterocycles. The Morgan fingerprint density at radius 3 is 2.54 bits per heavy atom. The van der Waals surface area contributed by atoms with Gasteiger partial charge in [-0.15, -0.1) is 11.3 Å². The third kappa shape index (κ3) is 4.82. The summed E-state index contributed by atoms with van der Waals surface area (Å²) in [5.41, 5.74) is 5.35. The van der Waals surface area contributed by atoms with Gasteiger partial charge in [-0.2, -0.15) is 0 Å². The van der Waals surface area contributed by atoms with E-state index in [1.54, 1.807) is 18.2 Å². The maximum Gasteiger partial charge on any atom is 0.279 e. The van der Waals surface area contributed by atoms with Gasteiger partial charge >= 0.3 is 0 Å². The average molecular weight is 399 g/mol. The fourth-order valence-electron chi connectivity index (χ4n) is 3.34. The van der Waals surface area contributed by atoms with Crippen LogP contribution in [0.3, 0.4) is 0 Å². The number of rotatable bonds is 6. The lowest BCUT2D eigenvalue weighted by atomic mass is 10.1. The van der Waals surface area contributed by atoms with Crippen LogP contribution in [0.2, 0.25) is 0 Å². The number of anilines is 1. The highest BCUT2D eigenvalue weighted by Gasteiger charge is 2.16. The lowest BCUT2D eigenvalue weighted by Gasteiger charge is -2.15. The van der Waals surface area contributed by atoms with Gasteiger partial charge in [0.05, 0.1) is 12.7 Å². The van der Waals surface area contributed by atoms with E-state index in [1.165, 1.54) is 23.0 Å². The number of hydrogen-bond acceptors (Lipinski definition) is 3. The standard InChI is InChI=1S/C22H24FN3OS/c1-14-9-15(2)22(16(3)10-14)25-20(27)11-26(4)12-21-24-19(13-28-21)17-7-5-6-8-18(17)23/h5-10,13H,11-12H2,1-4H3,(H,25,27)/p+1. The molecule has 146 valence electrons. The molecule has 4 nitrogen and oxygen atoms in total. The number of benzene rings is 2. The van der Waals surface area contributed by atoms with Gasteiger partial charge in [0.1, 0.15) is 17.4 Å². The van der Waals surface area contributed by atoms with E-state index in [1.807, 2.05) is 33.2 Å². The van der Waals surface area contributed by atoms with Gasteiger partial charge < -0.3 is 10.2 Å². The molecule has 28 heavy (non-hydrogen) atoms. The molecule has 6 heteroatoms. The van der Waals surface area contributed by atoms with Crippen LogP contribution in [0.1, 0.15) is 21.7 Å². The molecule has 2 aromatic carbocycles. The van der Waals surface area contributed by atoms with E-state index < -0.39 is 0 Å². The third-order valence-electron chi connectivity index (χ3n) is 4.56. The van der Waals surface area contributed by atoms with E-state index in [2.05, 4.69) is 22.4 Å². The van der Waals surface area contributed by atoms with Crippen LogP contribution in [0.4, 0.5) is 10.1 Å². The number of amides is 1. The van der Waals surface area contributed by atoms with Crippen molar-refractivity contribution in [3.63, 3.8) is 0 Å². The van der Waals surface area contributed by atoms with Crippen LogP contribution >= 0.6 is 11.3 Å². The highest BCUT2D eigenvalue weighted by Crippen LogP contribution is 2.24. The van der Waals surface area contributed by atoms with Crippen molar-refractivity contribution in [2.24, 2.45) is 0 Å². The van der Waals surface area contributed by atoms with Crippen LogP contribution in [-0.2, 0) is 11.3 Å². The fraction of sp³-hybridized carbons (Fsp3) is 0.273. The Hall–Kier alpha value is -2.57. The Bertz CT molecular complexity index is 976. The first-order valence-electron chi connectivity index (χ1n) is 9.22. The molecule has 0 saturated carbocycles. The number of thiazole rings is 1. The molecule has 0 aliphatic carbocycles. The Balaban J connectivity index is 1.61. The number of likely N-dealkylation sites (N-methyl/N-ethyl adjacent to an activating group) is 1. The largest absolute Gasteiger partial charge is 0.324 e. The number of quaternary nitrogens is 1. The maximum absolute atomic E-state index is 13.9. The summed E-state index contributed by atoms with van der Waals surface area (Å²) in [5, 5.41) is 5.78. The molecular formula is C22H25FN3OS+. The van der Waals surface area contributed by atoms with Crippen molar-refractivity contribution >= 4 is 22.9 Å². The van der Waals surface area contributed by atoms with E-state index in [4.69, 9.17) is 0 Å². The maximum atomic E-state index is 13.9. The smallest absolute Gasteiger partial charge is 0.279 e. The van der Waals surface area contributed by atoms with Crippen molar-refractivity contribution in [1.82, 2.24) is 4.98 Å². The predicted octanol–water partition coefficient (Wildman–Crippen LogP) is 3.53. The van der Waals surface area contributed by atoms with Crippen molar-refractivity contribution in [2.45, 2.75) is 27.3 Å². The van der Waals surface area contributed by atoms with E-state index in [9.17, 15) is 9.18 Å². The van der Waals surface area contributed by atoms with Crippen LogP contribution < -0.4 is 10.2 Å². The Morgan fingerprint density at radius 1 is 1.18 bits per heavy atom. The molecule has 1 heterocycles. The number of nitrogens with zero attached hydrogens (tertiary/aromatic N) is 1. The molecular weight excluding hydrogens is 373 g/mol. The van der Waals surface area contributed by atoms with Crippen molar-refractivity contribution in [3.8, 4) is 11.3 Å². The number of hydrogen-bond donors (Lipinski definition) is 2. The minimum Gasteiger partial charge on any atom is -0.324 e. The number of nitrogens with one attached hydrogen (secondary N) is 2. The first-order valence-corrected chi connectivity index (χ1v) is 10.1. The van der Waals surface area contributed by atoms with Gasteiger partial charge in [0.15, 0.2) is 6.54 Å². The molecule has 3 rings (SSSR count). The molecule has 0 spiro atoms. The molecule has 0 bridgehead atoms. The van der Waals surface area contributed by atoms with E-state index in [0.717, 1.165) is 26.7 Å². The first-order chi connectivity index (χ1) is 13.3. The molecule has 1 atom stereocenters. The zero-order chi connectivity index (χ0) is 20.3. The quantitative estimate of drug-likeness (QED) is 0.667. The molecule has 3 aromatic rings. The van der Waals surface area contributed by atoms with Crippen molar-refractivity contribution < 1.29 is 14.1 Å². The van der Waals surface area contributed by atoms with Crippen molar-refractivity contribution in [2.75, 3.05) is 18.9 Å². The highest BCUT2D eigenvalue weighted by molar-refractivity contribution is 7.09. The lowest BCUT2D eigenvalue weighted by Crippen LogP contribution is -3.08. The monoisotopic (exact) mass is 398 g/mol. The predicted molar refractivity (Wildman–Crippen MR) is 112 cm³/mol. The molecule has 1 unspecified atom stereocenters. The van der Waals surface area contributed by atoms with Gasteiger partial charge in [0.2, 0.25) is 0 Å². The molecule has 1 aromatic heterocycles. The van der Waals surface area contributed by atoms with Crippen LogP contribution in [0, 0.1) is 26.6 Å². The van der Waals surface area contributed by atoms with Gasteiger partial charge in [-0.3, -0.25) is 4.79 Å². The summed E-state index contributed by atoms with van der Waals surface area (Å²) in [6.45, 7) is 7.00. The SMILES string of the molecule is Cc1cc(C)c(NC(=O)C[NH+](C)Cc2nc(-c3ccccc3F)cs2)c(C)c1. The topological polar surface area (TPSA) is 46.4 Å². The Morgan fingerprint density at radius 2 is 1.86 bits per heavy atom. The van der Waals surface area contributed by atoms with Crippen LogP contribution in [0.15, 0.2) is 41.8 Å². The Kier molecular flexibility index (Phi) is 6.21. The normalized spacial score (nSPS) is 12.0. The number of aromatic nitrogens is 1. The number of aryl methyl sites for hydroxylation is 3. The summed E-state index contributed by atoms with van der Waals surface area (Å²) in [7, 11) is 1.96. The van der Waals surface area contributed by atoms with Gasteiger partial charge in [-0.05, 0) is 44.0 Å². The lowest BCUT2D eigenvalue weighted by molar-refractivity contribution is -0.885. The fourth-order valence-corrected chi connectivity index (χ4v) is 4.25. The second-order valence-corrected chi connectivity index (χ2v) is 8.18. The summed E-state index contributed by atoms with van der Waals surface area (Å²) < 4.78 is 13.9. The summed E-state index contributed by atoms with van der Waals surface area (Å²) in [6.07, 6.45) is 0. The second-order valence-electron chi connectivity index (χ2n) is 7.24. The molecule has 0 aliphatic rings. The average Bonchev–Trinajstić information content (AvgIpc) is 3.06. The Labute approximate surface area is 169 Å². The van der Waals surface area contributed by atoms with E-state index in [-0.39, 0.29) is 11.7 Å². The van der Waals surface area contributed by atoms with Gasteiger partial charge in [-0.1, -0.05) is 29.8 Å². The van der Waals surface area contributed by atoms with E-state index in [0.29, 0.717) is 24.3 Å². The molecule has 0 fully saturated rings. The van der Waals surface area contributed by atoms with Gasteiger partial charge in [-0.25, -0.2) is 9.37 Å². The minimum atomic E-state index is -0.275. The first kappa shape index (κ1) is 20.2. The van der Waals surface area contributed by atoms with Gasteiger partial charge in [0.25, 0.3) is 5.91 Å². The molecule has 0 radical (unpaired) electrons. The third-order valence-corrected chi connectivity index (χ3v) is 5.41. The van der Waals surface area contributed by atoms with Gasteiger partial charge in [0, 0.05) is 16.6 Å².